The Labute approximate surface area is 185 Å². The van der Waals surface area contributed by atoms with E-state index in [0.29, 0.717) is 5.28 Å². The van der Waals surface area contributed by atoms with E-state index in [4.69, 9.17) is 16.3 Å². The smallest absolute Gasteiger partial charge is 0.224 e. The van der Waals surface area contributed by atoms with Crippen molar-refractivity contribution in [3.63, 3.8) is 0 Å². The first-order valence-corrected chi connectivity index (χ1v) is 11.6. The summed E-state index contributed by atoms with van der Waals surface area (Å²) in [5.74, 6) is 0.951. The topological polar surface area (TPSA) is 57.6 Å². The lowest BCUT2D eigenvalue weighted by molar-refractivity contribution is 0.122. The van der Waals surface area contributed by atoms with E-state index >= 15 is 0 Å². The third kappa shape index (κ3) is 4.58. The van der Waals surface area contributed by atoms with E-state index < -0.39 is 0 Å². The number of aromatic nitrogens is 3. The van der Waals surface area contributed by atoms with Gasteiger partial charge in [-0.2, -0.15) is 4.98 Å². The van der Waals surface area contributed by atoms with Crippen molar-refractivity contribution < 1.29 is 4.74 Å². The molecule has 2 fully saturated rings. The van der Waals surface area contributed by atoms with Crippen LogP contribution in [0, 0.1) is 0 Å². The largest absolute Gasteiger partial charge is 0.378 e. The number of hydrogen-bond donors (Lipinski definition) is 0. The van der Waals surface area contributed by atoms with Gasteiger partial charge in [-0.05, 0) is 35.4 Å². The number of fused-ring (bicyclic) bond motifs is 1. The Balaban J connectivity index is 1.25. The number of pyridine rings is 1. The number of thiophene rings is 1. The van der Waals surface area contributed by atoms with Crippen LogP contribution in [0.15, 0.2) is 30.6 Å². The number of rotatable bonds is 5. The van der Waals surface area contributed by atoms with Crippen molar-refractivity contribution in [2.75, 3.05) is 57.4 Å². The van der Waals surface area contributed by atoms with Gasteiger partial charge in [-0.1, -0.05) is 0 Å². The summed E-state index contributed by atoms with van der Waals surface area (Å²) in [5.41, 5.74) is 2.28. The van der Waals surface area contributed by atoms with Crippen molar-refractivity contribution in [2.24, 2.45) is 0 Å². The molecule has 0 bridgehead atoms. The Morgan fingerprint density at radius 1 is 0.933 bits per heavy atom. The van der Waals surface area contributed by atoms with Crippen molar-refractivity contribution in [1.82, 2.24) is 24.8 Å². The molecule has 0 unspecified atom stereocenters. The third-order valence-corrected chi connectivity index (χ3v) is 6.96. The first-order valence-electron chi connectivity index (χ1n) is 10.4. The lowest BCUT2D eigenvalue weighted by Crippen LogP contribution is -2.45. The number of piperazine rings is 1. The van der Waals surface area contributed by atoms with Crippen LogP contribution in [0.4, 0.5) is 5.82 Å². The molecule has 7 nitrogen and oxygen atoms in total. The van der Waals surface area contributed by atoms with Gasteiger partial charge in [0.05, 0.1) is 23.4 Å². The molecule has 158 valence electrons. The van der Waals surface area contributed by atoms with Crippen LogP contribution in [-0.4, -0.2) is 77.2 Å². The van der Waals surface area contributed by atoms with Gasteiger partial charge in [-0.3, -0.25) is 14.8 Å². The molecular weight excluding hydrogens is 420 g/mol. The molecule has 0 radical (unpaired) electrons. The van der Waals surface area contributed by atoms with E-state index in [9.17, 15) is 0 Å². The molecule has 0 aliphatic carbocycles. The minimum Gasteiger partial charge on any atom is -0.378 e. The lowest BCUT2D eigenvalue weighted by Gasteiger charge is -2.34. The van der Waals surface area contributed by atoms with Crippen molar-refractivity contribution >= 4 is 39.0 Å². The fourth-order valence-electron chi connectivity index (χ4n) is 4.08. The molecule has 0 spiro atoms. The summed E-state index contributed by atoms with van der Waals surface area (Å²) in [6.07, 6.45) is 3.74. The summed E-state index contributed by atoms with van der Waals surface area (Å²) in [6.45, 7) is 9.39. The van der Waals surface area contributed by atoms with Crippen molar-refractivity contribution in [3.8, 4) is 0 Å². The Hall–Kier alpha value is -1.84. The van der Waals surface area contributed by atoms with Gasteiger partial charge >= 0.3 is 0 Å². The van der Waals surface area contributed by atoms with Gasteiger partial charge < -0.3 is 9.64 Å². The Morgan fingerprint density at radius 3 is 2.37 bits per heavy atom. The monoisotopic (exact) mass is 444 g/mol. The number of morpholine rings is 1. The molecular formula is C21H25ClN6OS. The van der Waals surface area contributed by atoms with Crippen LogP contribution in [0.25, 0.3) is 10.2 Å². The number of ether oxygens (including phenoxy) is 1. The van der Waals surface area contributed by atoms with Gasteiger partial charge in [0.1, 0.15) is 0 Å². The number of nitrogens with zero attached hydrogens (tertiary/aromatic N) is 6. The van der Waals surface area contributed by atoms with Gasteiger partial charge in [0.2, 0.25) is 5.28 Å². The van der Waals surface area contributed by atoms with Gasteiger partial charge in [0.15, 0.2) is 5.82 Å². The SMILES string of the molecule is Clc1nc(N2CCOCC2)c2sc(CN3CCN(Cc4ccncc4)CC3)cc2n1. The standard InChI is InChI=1S/C21H25ClN6OS/c22-21-24-18-13-17(30-19(18)20(25-21)28-9-11-29-12-10-28)15-27-7-5-26(6-8-27)14-16-1-3-23-4-2-16/h1-4,13H,5-12,14-15H2. The molecule has 3 aromatic rings. The van der Waals surface area contributed by atoms with Crippen molar-refractivity contribution in [1.29, 1.82) is 0 Å². The lowest BCUT2D eigenvalue weighted by atomic mass is 10.2. The molecule has 0 saturated carbocycles. The van der Waals surface area contributed by atoms with Gasteiger partial charge in [-0.15, -0.1) is 11.3 Å². The summed E-state index contributed by atoms with van der Waals surface area (Å²) in [5, 5.41) is 0.318. The summed E-state index contributed by atoms with van der Waals surface area (Å²) in [4.78, 5) is 21.7. The molecule has 0 amide bonds. The second-order valence-electron chi connectivity index (χ2n) is 7.75. The zero-order valence-electron chi connectivity index (χ0n) is 16.8. The second-order valence-corrected chi connectivity index (χ2v) is 9.23. The highest BCUT2D eigenvalue weighted by atomic mass is 35.5. The van der Waals surface area contributed by atoms with Gasteiger partial charge in [0.25, 0.3) is 0 Å². The van der Waals surface area contributed by atoms with E-state index in [2.05, 4.69) is 47.9 Å². The Morgan fingerprint density at radius 2 is 1.63 bits per heavy atom. The van der Waals surface area contributed by atoms with E-state index in [1.165, 1.54) is 10.4 Å². The molecule has 0 aromatic carbocycles. The molecule has 2 saturated heterocycles. The highest BCUT2D eigenvalue weighted by Crippen LogP contribution is 2.34. The summed E-state index contributed by atoms with van der Waals surface area (Å²) in [7, 11) is 0. The molecule has 30 heavy (non-hydrogen) atoms. The van der Waals surface area contributed by atoms with Gasteiger partial charge in [0, 0.05) is 69.6 Å². The summed E-state index contributed by atoms with van der Waals surface area (Å²) < 4.78 is 6.62. The molecule has 9 heteroatoms. The average molecular weight is 445 g/mol. The number of halogens is 1. The minimum atomic E-state index is 0.318. The normalized spacial score (nSPS) is 18.9. The number of anilines is 1. The zero-order valence-corrected chi connectivity index (χ0v) is 18.4. The van der Waals surface area contributed by atoms with Gasteiger partial charge in [-0.25, -0.2) is 4.98 Å². The molecule has 2 aliphatic rings. The third-order valence-electron chi connectivity index (χ3n) is 5.69. The predicted molar refractivity (Wildman–Crippen MR) is 120 cm³/mol. The molecule has 3 aromatic heterocycles. The van der Waals surface area contributed by atoms with Crippen LogP contribution >= 0.6 is 22.9 Å². The van der Waals surface area contributed by atoms with Crippen LogP contribution in [0.3, 0.4) is 0 Å². The molecule has 2 aliphatic heterocycles. The molecule has 5 heterocycles. The van der Waals surface area contributed by atoms with Crippen molar-refractivity contribution in [3.05, 3.63) is 46.3 Å². The second kappa shape index (κ2) is 9.11. The average Bonchev–Trinajstić information content (AvgIpc) is 3.18. The number of hydrogen-bond acceptors (Lipinski definition) is 8. The zero-order chi connectivity index (χ0) is 20.3. The van der Waals surface area contributed by atoms with Crippen LogP contribution in [-0.2, 0) is 17.8 Å². The van der Waals surface area contributed by atoms with Crippen LogP contribution in [0.1, 0.15) is 10.4 Å². The highest BCUT2D eigenvalue weighted by Gasteiger charge is 2.21. The Kier molecular flexibility index (Phi) is 6.10. The fourth-order valence-corrected chi connectivity index (χ4v) is 5.40. The van der Waals surface area contributed by atoms with Crippen molar-refractivity contribution in [2.45, 2.75) is 13.1 Å². The van der Waals surface area contributed by atoms with Crippen LogP contribution < -0.4 is 4.90 Å². The van der Waals surface area contributed by atoms with Crippen LogP contribution in [0.2, 0.25) is 5.28 Å². The molecule has 0 atom stereocenters. The van der Waals surface area contributed by atoms with E-state index in [0.717, 1.165) is 81.6 Å². The molecule has 5 rings (SSSR count). The predicted octanol–water partition coefficient (Wildman–Crippen LogP) is 2.89. The maximum absolute atomic E-state index is 6.23. The molecule has 0 N–H and O–H groups in total. The Bertz CT molecular complexity index is 986. The summed E-state index contributed by atoms with van der Waals surface area (Å²) in [6, 6.07) is 6.38. The maximum Gasteiger partial charge on any atom is 0.224 e. The quantitative estimate of drug-likeness (QED) is 0.561. The van der Waals surface area contributed by atoms with E-state index in [1.54, 1.807) is 11.3 Å². The maximum atomic E-state index is 6.23. The summed E-state index contributed by atoms with van der Waals surface area (Å²) >= 11 is 8.03. The minimum absolute atomic E-state index is 0.318. The fraction of sp³-hybridized carbons (Fsp3) is 0.476. The van der Waals surface area contributed by atoms with E-state index in [-0.39, 0.29) is 0 Å². The van der Waals surface area contributed by atoms with Crippen LogP contribution in [0.5, 0.6) is 0 Å². The first kappa shape index (κ1) is 20.1. The highest BCUT2D eigenvalue weighted by molar-refractivity contribution is 7.19. The van der Waals surface area contributed by atoms with E-state index in [1.807, 2.05) is 12.4 Å². The first-order chi connectivity index (χ1) is 14.7.